The first-order valence-electron chi connectivity index (χ1n) is 6.25. The summed E-state index contributed by atoms with van der Waals surface area (Å²) in [5.41, 5.74) is 0.824. The highest BCUT2D eigenvalue weighted by atomic mass is 35.5. The van der Waals surface area contributed by atoms with E-state index in [-0.39, 0.29) is 18.4 Å². The lowest BCUT2D eigenvalue weighted by atomic mass is 9.97. The molecule has 1 heterocycles. The molecule has 0 aliphatic carbocycles. The molecule has 0 bridgehead atoms. The van der Waals surface area contributed by atoms with Gasteiger partial charge in [0.15, 0.2) is 6.10 Å². The first kappa shape index (κ1) is 14.8. The van der Waals surface area contributed by atoms with Gasteiger partial charge in [-0.3, -0.25) is 9.59 Å². The lowest BCUT2D eigenvalue weighted by Gasteiger charge is -2.39. The van der Waals surface area contributed by atoms with Crippen molar-refractivity contribution in [2.45, 2.75) is 12.1 Å². The van der Waals surface area contributed by atoms with Gasteiger partial charge < -0.3 is 14.5 Å². The van der Waals surface area contributed by atoms with E-state index in [1.807, 2.05) is 0 Å². The smallest absolute Gasteiger partial charge is 0.253 e. The molecule has 2 rings (SSSR count). The summed E-state index contributed by atoms with van der Waals surface area (Å²) in [7, 11) is 5.02. The van der Waals surface area contributed by atoms with E-state index in [1.54, 1.807) is 50.3 Å². The van der Waals surface area contributed by atoms with E-state index in [4.69, 9.17) is 16.3 Å². The minimum Gasteiger partial charge on any atom is -0.356 e. The van der Waals surface area contributed by atoms with Gasteiger partial charge in [-0.05, 0) is 17.7 Å². The molecule has 1 aliphatic rings. The second-order valence-electron chi connectivity index (χ2n) is 4.97. The van der Waals surface area contributed by atoms with Crippen LogP contribution < -0.4 is 0 Å². The maximum absolute atomic E-state index is 12.2. The lowest BCUT2D eigenvalue weighted by molar-refractivity contribution is -0.166. The Kier molecular flexibility index (Phi) is 4.30. The van der Waals surface area contributed by atoms with Gasteiger partial charge in [0.05, 0.1) is 6.04 Å². The van der Waals surface area contributed by atoms with Crippen LogP contribution in [-0.2, 0) is 14.3 Å². The maximum atomic E-state index is 12.2. The van der Waals surface area contributed by atoms with E-state index in [0.717, 1.165) is 5.56 Å². The van der Waals surface area contributed by atoms with Crippen LogP contribution in [-0.4, -0.2) is 55.5 Å². The standard InChI is InChI=1S/C14H17ClN2O3/c1-16(2)14(19)13-12(17(3)11(18)8-20-13)9-4-6-10(15)7-5-9/h4-7,12-13H,8H2,1-3H3/t12-,13+/m0/s1. The fourth-order valence-corrected chi connectivity index (χ4v) is 2.36. The number of halogens is 1. The van der Waals surface area contributed by atoms with Gasteiger partial charge in [-0.2, -0.15) is 0 Å². The molecule has 0 N–H and O–H groups in total. The summed E-state index contributed by atoms with van der Waals surface area (Å²) in [6.07, 6.45) is -0.700. The molecular formula is C14H17ClN2O3. The van der Waals surface area contributed by atoms with Crippen LogP contribution in [0.25, 0.3) is 0 Å². The second-order valence-corrected chi connectivity index (χ2v) is 5.40. The van der Waals surface area contributed by atoms with Gasteiger partial charge in [-0.25, -0.2) is 0 Å². The Balaban J connectivity index is 2.37. The molecule has 2 amide bonds. The van der Waals surface area contributed by atoms with Gasteiger partial charge in [-0.1, -0.05) is 23.7 Å². The predicted octanol–water partition coefficient (Wildman–Crippen LogP) is 1.33. The van der Waals surface area contributed by atoms with E-state index in [1.165, 1.54) is 4.90 Å². The summed E-state index contributed by atoms with van der Waals surface area (Å²) in [4.78, 5) is 27.1. The maximum Gasteiger partial charge on any atom is 0.253 e. The molecule has 1 fully saturated rings. The number of morpholine rings is 1. The van der Waals surface area contributed by atoms with E-state index in [2.05, 4.69) is 0 Å². The largest absolute Gasteiger partial charge is 0.356 e. The summed E-state index contributed by atoms with van der Waals surface area (Å²) < 4.78 is 5.47. The number of hydrogen-bond acceptors (Lipinski definition) is 3. The van der Waals surface area contributed by atoms with Gasteiger partial charge in [0, 0.05) is 26.2 Å². The fourth-order valence-electron chi connectivity index (χ4n) is 2.23. The molecule has 0 radical (unpaired) electrons. The predicted molar refractivity (Wildman–Crippen MR) is 75.4 cm³/mol. The minimum absolute atomic E-state index is 0.0785. The highest BCUT2D eigenvalue weighted by molar-refractivity contribution is 6.30. The van der Waals surface area contributed by atoms with Crippen molar-refractivity contribution < 1.29 is 14.3 Å². The van der Waals surface area contributed by atoms with Crippen LogP contribution in [0.1, 0.15) is 11.6 Å². The topological polar surface area (TPSA) is 49.9 Å². The first-order chi connectivity index (χ1) is 9.41. The van der Waals surface area contributed by atoms with Crippen molar-refractivity contribution in [3.8, 4) is 0 Å². The lowest BCUT2D eigenvalue weighted by Crippen LogP contribution is -2.52. The molecule has 1 saturated heterocycles. The number of benzene rings is 1. The molecule has 6 heteroatoms. The van der Waals surface area contributed by atoms with Crippen molar-refractivity contribution in [2.24, 2.45) is 0 Å². The monoisotopic (exact) mass is 296 g/mol. The quantitative estimate of drug-likeness (QED) is 0.827. The average molecular weight is 297 g/mol. The Morgan fingerprint density at radius 3 is 2.50 bits per heavy atom. The molecule has 5 nitrogen and oxygen atoms in total. The molecule has 20 heavy (non-hydrogen) atoms. The molecule has 1 aromatic rings. The number of nitrogens with zero attached hydrogens (tertiary/aromatic N) is 2. The summed E-state index contributed by atoms with van der Waals surface area (Å²) in [5.74, 6) is -0.308. The third-order valence-electron chi connectivity index (χ3n) is 3.38. The zero-order valence-electron chi connectivity index (χ0n) is 11.7. The molecule has 2 atom stereocenters. The molecule has 0 unspecified atom stereocenters. The third kappa shape index (κ3) is 2.78. The van der Waals surface area contributed by atoms with Gasteiger partial charge in [0.25, 0.3) is 5.91 Å². The van der Waals surface area contributed by atoms with Gasteiger partial charge in [-0.15, -0.1) is 0 Å². The molecule has 0 spiro atoms. The summed E-state index contributed by atoms with van der Waals surface area (Å²) >= 11 is 5.88. The number of rotatable bonds is 2. The molecular weight excluding hydrogens is 280 g/mol. The Bertz CT molecular complexity index is 516. The number of carbonyl (C=O) groups excluding carboxylic acids is 2. The summed E-state index contributed by atoms with van der Waals surface area (Å²) in [6, 6.07) is 6.65. The number of amides is 2. The number of ether oxygens (including phenoxy) is 1. The molecule has 1 aliphatic heterocycles. The summed E-state index contributed by atoms with van der Waals surface area (Å²) in [5, 5.41) is 0.606. The van der Waals surface area contributed by atoms with Crippen LogP contribution in [0.4, 0.5) is 0 Å². The van der Waals surface area contributed by atoms with Crippen LogP contribution in [0.5, 0.6) is 0 Å². The average Bonchev–Trinajstić information content (AvgIpc) is 2.42. The number of likely N-dealkylation sites (N-methyl/N-ethyl adjacent to an activating group) is 2. The van der Waals surface area contributed by atoms with Crippen molar-refractivity contribution in [3.63, 3.8) is 0 Å². The van der Waals surface area contributed by atoms with Crippen LogP contribution in [0.15, 0.2) is 24.3 Å². The highest BCUT2D eigenvalue weighted by Crippen LogP contribution is 2.30. The SMILES string of the molecule is CN(C)C(=O)[C@@H]1OCC(=O)N(C)[C@H]1c1ccc(Cl)cc1. The zero-order valence-corrected chi connectivity index (χ0v) is 12.4. The Morgan fingerprint density at radius 2 is 1.95 bits per heavy atom. The van der Waals surface area contributed by atoms with Gasteiger partial charge in [0.2, 0.25) is 5.91 Å². The Hall–Kier alpha value is -1.59. The molecule has 108 valence electrons. The van der Waals surface area contributed by atoms with Crippen LogP contribution in [0.3, 0.4) is 0 Å². The first-order valence-corrected chi connectivity index (χ1v) is 6.63. The molecule has 0 saturated carbocycles. The van der Waals surface area contributed by atoms with Crippen LogP contribution >= 0.6 is 11.6 Å². The van der Waals surface area contributed by atoms with E-state index >= 15 is 0 Å². The normalized spacial score (nSPS) is 22.8. The van der Waals surface area contributed by atoms with Crippen molar-refractivity contribution in [3.05, 3.63) is 34.9 Å². The Morgan fingerprint density at radius 1 is 1.35 bits per heavy atom. The van der Waals surface area contributed by atoms with Gasteiger partial charge in [0.1, 0.15) is 6.61 Å². The second kappa shape index (κ2) is 5.81. The van der Waals surface area contributed by atoms with Crippen LogP contribution in [0.2, 0.25) is 5.02 Å². The fraction of sp³-hybridized carbons (Fsp3) is 0.429. The van der Waals surface area contributed by atoms with Crippen molar-refractivity contribution >= 4 is 23.4 Å². The minimum atomic E-state index is -0.700. The third-order valence-corrected chi connectivity index (χ3v) is 3.63. The molecule has 1 aromatic carbocycles. The van der Waals surface area contributed by atoms with Crippen molar-refractivity contribution in [1.82, 2.24) is 9.80 Å². The highest BCUT2D eigenvalue weighted by Gasteiger charge is 2.40. The van der Waals surface area contributed by atoms with Crippen molar-refractivity contribution in [1.29, 1.82) is 0 Å². The molecule has 0 aromatic heterocycles. The van der Waals surface area contributed by atoms with E-state index in [0.29, 0.717) is 5.02 Å². The van der Waals surface area contributed by atoms with Crippen molar-refractivity contribution in [2.75, 3.05) is 27.7 Å². The van der Waals surface area contributed by atoms with Crippen LogP contribution in [0, 0.1) is 0 Å². The van der Waals surface area contributed by atoms with E-state index in [9.17, 15) is 9.59 Å². The van der Waals surface area contributed by atoms with Gasteiger partial charge >= 0.3 is 0 Å². The zero-order chi connectivity index (χ0) is 14.9. The summed E-state index contributed by atoms with van der Waals surface area (Å²) in [6.45, 7) is -0.0785. The number of carbonyl (C=O) groups is 2. The Labute approximate surface area is 123 Å². The number of hydrogen-bond donors (Lipinski definition) is 0. The van der Waals surface area contributed by atoms with E-state index < -0.39 is 12.1 Å².